The van der Waals surface area contributed by atoms with Gasteiger partial charge in [0.15, 0.2) is 0 Å². The van der Waals surface area contributed by atoms with Gasteiger partial charge in [0.1, 0.15) is 12.6 Å². The molecule has 1 aliphatic rings. The van der Waals surface area contributed by atoms with Crippen LogP contribution in [0.5, 0.6) is 0 Å². The topological polar surface area (TPSA) is 64.8 Å². The molecular weight excluding hydrogens is 220 g/mol. The molecule has 2 N–H and O–H groups in total. The van der Waals surface area contributed by atoms with Gasteiger partial charge in [-0.1, -0.05) is 13.8 Å². The first-order chi connectivity index (χ1) is 8.09. The van der Waals surface area contributed by atoms with E-state index in [0.717, 1.165) is 32.8 Å². The first-order valence-corrected chi connectivity index (χ1v) is 6.32. The number of nitrogens with two attached hydrogens (primary N) is 1. The summed E-state index contributed by atoms with van der Waals surface area (Å²) in [5, 5.41) is 0. The molecule has 0 radical (unpaired) electrons. The van der Waals surface area contributed by atoms with Crippen LogP contribution in [0.4, 0.5) is 0 Å². The molecule has 0 aromatic rings. The molecule has 0 aromatic heterocycles. The van der Waals surface area contributed by atoms with Crippen LogP contribution in [0.25, 0.3) is 0 Å². The summed E-state index contributed by atoms with van der Waals surface area (Å²) >= 11 is 0. The largest absolute Gasteiger partial charge is 0.463 e. The molecule has 0 aliphatic carbocycles. The zero-order valence-electron chi connectivity index (χ0n) is 10.9. The van der Waals surface area contributed by atoms with Gasteiger partial charge in [-0.05, 0) is 12.3 Å². The lowest BCUT2D eigenvalue weighted by atomic mass is 10.1. The number of carbonyl (C=O) groups excluding carboxylic acids is 1. The minimum atomic E-state index is -0.486. The van der Waals surface area contributed by atoms with Crippen molar-refractivity contribution in [2.45, 2.75) is 26.3 Å². The predicted octanol–water partition coefficient (Wildman–Crippen LogP) is 0.235. The number of ether oxygens (including phenoxy) is 2. The molecule has 1 unspecified atom stereocenters. The Kier molecular flexibility index (Phi) is 6.47. The summed E-state index contributed by atoms with van der Waals surface area (Å²) in [6.45, 7) is 8.63. The van der Waals surface area contributed by atoms with E-state index in [0.29, 0.717) is 18.9 Å². The van der Waals surface area contributed by atoms with E-state index in [-0.39, 0.29) is 5.97 Å². The molecule has 0 saturated carbocycles. The molecule has 1 heterocycles. The SMILES string of the molecule is CC(C)CC(N)C(=O)OCCN1CCOCC1. The number of morpholine rings is 1. The Balaban J connectivity index is 2.10. The molecule has 0 bridgehead atoms. The molecule has 0 aromatic carbocycles. The maximum atomic E-state index is 11.5. The van der Waals surface area contributed by atoms with Crippen LogP contribution >= 0.6 is 0 Å². The second-order valence-electron chi connectivity index (χ2n) is 4.86. The molecule has 0 amide bonds. The van der Waals surface area contributed by atoms with Crippen molar-refractivity contribution in [1.82, 2.24) is 4.90 Å². The van der Waals surface area contributed by atoms with Crippen LogP contribution in [0, 0.1) is 5.92 Å². The van der Waals surface area contributed by atoms with E-state index in [9.17, 15) is 4.79 Å². The molecule has 1 atom stereocenters. The fourth-order valence-corrected chi connectivity index (χ4v) is 1.81. The Hall–Kier alpha value is -0.650. The summed E-state index contributed by atoms with van der Waals surface area (Å²) in [7, 11) is 0. The van der Waals surface area contributed by atoms with Crippen LogP contribution in [0.2, 0.25) is 0 Å². The highest BCUT2D eigenvalue weighted by Crippen LogP contribution is 2.04. The van der Waals surface area contributed by atoms with Gasteiger partial charge < -0.3 is 15.2 Å². The quantitative estimate of drug-likeness (QED) is 0.678. The molecule has 0 spiro atoms. The Morgan fingerprint density at radius 2 is 2.06 bits per heavy atom. The van der Waals surface area contributed by atoms with Gasteiger partial charge in [-0.2, -0.15) is 0 Å². The number of nitrogens with zero attached hydrogens (tertiary/aromatic N) is 1. The van der Waals surface area contributed by atoms with E-state index in [1.54, 1.807) is 0 Å². The van der Waals surface area contributed by atoms with Gasteiger partial charge in [-0.25, -0.2) is 0 Å². The summed E-state index contributed by atoms with van der Waals surface area (Å²) in [5.41, 5.74) is 5.73. The average Bonchev–Trinajstić information content (AvgIpc) is 2.29. The number of rotatable bonds is 6. The zero-order chi connectivity index (χ0) is 12.7. The van der Waals surface area contributed by atoms with Crippen molar-refractivity contribution in [3.05, 3.63) is 0 Å². The van der Waals surface area contributed by atoms with Crippen LogP contribution in [-0.2, 0) is 14.3 Å². The Bertz CT molecular complexity index is 228. The molecule has 1 saturated heterocycles. The van der Waals surface area contributed by atoms with Crippen molar-refractivity contribution in [2.75, 3.05) is 39.5 Å². The zero-order valence-corrected chi connectivity index (χ0v) is 10.9. The lowest BCUT2D eigenvalue weighted by molar-refractivity contribution is -0.146. The summed E-state index contributed by atoms with van der Waals surface area (Å²) in [4.78, 5) is 13.8. The van der Waals surface area contributed by atoms with Crippen LogP contribution < -0.4 is 5.73 Å². The first-order valence-electron chi connectivity index (χ1n) is 6.32. The van der Waals surface area contributed by atoms with Crippen LogP contribution in [-0.4, -0.2) is 56.4 Å². The number of carbonyl (C=O) groups is 1. The molecule has 1 fully saturated rings. The van der Waals surface area contributed by atoms with Crippen molar-refractivity contribution in [2.24, 2.45) is 11.7 Å². The van der Waals surface area contributed by atoms with Crippen molar-refractivity contribution >= 4 is 5.97 Å². The van der Waals surface area contributed by atoms with Gasteiger partial charge in [0, 0.05) is 19.6 Å². The molecule has 17 heavy (non-hydrogen) atoms. The van der Waals surface area contributed by atoms with E-state index in [1.807, 2.05) is 13.8 Å². The van der Waals surface area contributed by atoms with Crippen LogP contribution in [0.1, 0.15) is 20.3 Å². The number of hydrogen-bond donors (Lipinski definition) is 1. The number of hydrogen-bond acceptors (Lipinski definition) is 5. The molecule has 1 rings (SSSR count). The van der Waals surface area contributed by atoms with Gasteiger partial charge in [0.25, 0.3) is 0 Å². The second kappa shape index (κ2) is 7.63. The Labute approximate surface area is 103 Å². The maximum absolute atomic E-state index is 11.5. The first kappa shape index (κ1) is 14.4. The van der Waals surface area contributed by atoms with E-state index < -0.39 is 6.04 Å². The van der Waals surface area contributed by atoms with E-state index >= 15 is 0 Å². The smallest absolute Gasteiger partial charge is 0.322 e. The van der Waals surface area contributed by atoms with Gasteiger partial charge in [-0.3, -0.25) is 9.69 Å². The van der Waals surface area contributed by atoms with Crippen molar-refractivity contribution in [3.8, 4) is 0 Å². The highest BCUT2D eigenvalue weighted by molar-refractivity contribution is 5.75. The highest BCUT2D eigenvalue weighted by atomic mass is 16.5. The Morgan fingerprint density at radius 3 is 2.65 bits per heavy atom. The third kappa shape index (κ3) is 6.00. The molecular formula is C12H24N2O3. The van der Waals surface area contributed by atoms with Gasteiger partial charge in [0.2, 0.25) is 0 Å². The standard InChI is InChI=1S/C12H24N2O3/c1-10(2)9-11(13)12(15)17-8-5-14-3-6-16-7-4-14/h10-11H,3-9,13H2,1-2H3. The molecule has 100 valence electrons. The van der Waals surface area contributed by atoms with Gasteiger partial charge >= 0.3 is 5.97 Å². The van der Waals surface area contributed by atoms with E-state index in [1.165, 1.54) is 0 Å². The third-order valence-electron chi connectivity index (χ3n) is 2.78. The summed E-state index contributed by atoms with van der Waals surface area (Å²) in [6, 6.07) is -0.486. The van der Waals surface area contributed by atoms with Crippen LogP contribution in [0.3, 0.4) is 0 Å². The predicted molar refractivity (Wildman–Crippen MR) is 65.6 cm³/mol. The van der Waals surface area contributed by atoms with Crippen molar-refractivity contribution in [1.29, 1.82) is 0 Å². The minimum Gasteiger partial charge on any atom is -0.463 e. The van der Waals surface area contributed by atoms with Crippen molar-refractivity contribution < 1.29 is 14.3 Å². The van der Waals surface area contributed by atoms with Crippen molar-refractivity contribution in [3.63, 3.8) is 0 Å². The fraction of sp³-hybridized carbons (Fsp3) is 0.917. The number of esters is 1. The van der Waals surface area contributed by atoms with E-state index in [4.69, 9.17) is 15.2 Å². The van der Waals surface area contributed by atoms with Gasteiger partial charge in [0.05, 0.1) is 13.2 Å². The summed E-state index contributed by atoms with van der Waals surface area (Å²) < 4.78 is 10.4. The van der Waals surface area contributed by atoms with Crippen LogP contribution in [0.15, 0.2) is 0 Å². The lowest BCUT2D eigenvalue weighted by Crippen LogP contribution is -2.40. The Morgan fingerprint density at radius 1 is 1.41 bits per heavy atom. The molecule has 1 aliphatic heterocycles. The van der Waals surface area contributed by atoms with E-state index in [2.05, 4.69) is 4.90 Å². The third-order valence-corrected chi connectivity index (χ3v) is 2.78. The maximum Gasteiger partial charge on any atom is 0.322 e. The monoisotopic (exact) mass is 244 g/mol. The summed E-state index contributed by atoms with van der Waals surface area (Å²) in [6.07, 6.45) is 0.677. The average molecular weight is 244 g/mol. The normalized spacial score (nSPS) is 19.3. The lowest BCUT2D eigenvalue weighted by Gasteiger charge is -2.26. The fourth-order valence-electron chi connectivity index (χ4n) is 1.81. The second-order valence-corrected chi connectivity index (χ2v) is 4.86. The molecule has 5 heteroatoms. The minimum absolute atomic E-state index is 0.285. The van der Waals surface area contributed by atoms with Gasteiger partial charge in [-0.15, -0.1) is 0 Å². The molecule has 5 nitrogen and oxygen atoms in total. The summed E-state index contributed by atoms with van der Waals surface area (Å²) in [5.74, 6) is 0.128. The highest BCUT2D eigenvalue weighted by Gasteiger charge is 2.17.